The quantitative estimate of drug-likeness (QED) is 0.339. The fraction of sp³-hybridized carbons (Fsp3) is 0.154. The molecule has 2 saturated heterocycles. The van der Waals surface area contributed by atoms with Crippen LogP contribution in [0.2, 0.25) is 15.1 Å². The van der Waals surface area contributed by atoms with Gasteiger partial charge in [-0.1, -0.05) is 59.1 Å². The zero-order valence-electron chi connectivity index (χ0n) is 17.9. The van der Waals surface area contributed by atoms with E-state index in [1.165, 1.54) is 6.07 Å². The number of benzene rings is 3. The number of anilines is 1. The Morgan fingerprint density at radius 1 is 0.829 bits per heavy atom. The Morgan fingerprint density at radius 3 is 2.26 bits per heavy atom. The number of hydrogen-bond acceptors (Lipinski definition) is 5. The van der Waals surface area contributed by atoms with Crippen LogP contribution in [0, 0.1) is 11.8 Å². The van der Waals surface area contributed by atoms with Crippen LogP contribution in [-0.4, -0.2) is 34.9 Å². The molecule has 3 aliphatic rings. The van der Waals surface area contributed by atoms with E-state index in [0.717, 1.165) is 16.0 Å². The minimum absolute atomic E-state index is 0.179. The summed E-state index contributed by atoms with van der Waals surface area (Å²) in [6, 6.07) is 17.1. The van der Waals surface area contributed by atoms with Crippen LogP contribution in [-0.2, 0) is 9.59 Å². The average Bonchev–Trinajstić information content (AvgIpc) is 3.32. The van der Waals surface area contributed by atoms with E-state index in [1.807, 2.05) is 24.3 Å². The van der Waals surface area contributed by atoms with Crippen LogP contribution in [0.3, 0.4) is 0 Å². The van der Waals surface area contributed by atoms with Crippen molar-refractivity contribution in [3.05, 3.63) is 98.5 Å². The number of carbonyl (C=O) groups is 3. The van der Waals surface area contributed by atoms with Gasteiger partial charge in [0.15, 0.2) is 5.78 Å². The van der Waals surface area contributed by atoms with Crippen molar-refractivity contribution in [2.75, 3.05) is 4.90 Å². The Balaban J connectivity index is 1.50. The minimum Gasteiger partial charge on any atom is -0.292 e. The maximum atomic E-state index is 13.9. The SMILES string of the molecule is O=C(c1ccc(Cl)cc1)[C@H]1[C@H]2C(=O)N(c3ccc(Cl)cc3Cl)C(=O)[C@@H]2[C@@H]2c3ccccc3C=NN12. The van der Waals surface area contributed by atoms with Crippen LogP contribution in [0.1, 0.15) is 27.5 Å². The molecule has 4 atom stereocenters. The number of fused-ring (bicyclic) bond motifs is 5. The molecular formula is C26H16Cl3N3O3. The van der Waals surface area contributed by atoms with Crippen LogP contribution < -0.4 is 4.90 Å². The lowest BCUT2D eigenvalue weighted by molar-refractivity contribution is -0.124. The predicted octanol–water partition coefficient (Wildman–Crippen LogP) is 5.41. The van der Waals surface area contributed by atoms with E-state index >= 15 is 0 Å². The smallest absolute Gasteiger partial charge is 0.240 e. The fourth-order valence-corrected chi connectivity index (χ4v) is 5.97. The van der Waals surface area contributed by atoms with Gasteiger partial charge in [-0.2, -0.15) is 5.10 Å². The van der Waals surface area contributed by atoms with E-state index in [9.17, 15) is 14.4 Å². The Morgan fingerprint density at radius 2 is 1.51 bits per heavy atom. The zero-order chi connectivity index (χ0) is 24.4. The molecule has 2 amide bonds. The molecular weight excluding hydrogens is 509 g/mol. The van der Waals surface area contributed by atoms with Crippen molar-refractivity contribution in [2.24, 2.45) is 16.9 Å². The van der Waals surface area contributed by atoms with Gasteiger partial charge in [-0.15, -0.1) is 0 Å². The second kappa shape index (κ2) is 8.19. The minimum atomic E-state index is -0.969. The third-order valence-electron chi connectivity index (χ3n) is 6.84. The molecule has 2 fully saturated rings. The lowest BCUT2D eigenvalue weighted by Gasteiger charge is -2.33. The van der Waals surface area contributed by atoms with Gasteiger partial charge in [0.25, 0.3) is 0 Å². The zero-order valence-corrected chi connectivity index (χ0v) is 20.2. The largest absolute Gasteiger partial charge is 0.292 e. The van der Waals surface area contributed by atoms with Crippen molar-refractivity contribution in [1.29, 1.82) is 0 Å². The van der Waals surface area contributed by atoms with Crippen LogP contribution in [0.4, 0.5) is 5.69 Å². The van der Waals surface area contributed by atoms with E-state index in [0.29, 0.717) is 15.6 Å². The molecule has 9 heteroatoms. The van der Waals surface area contributed by atoms with Gasteiger partial charge in [0.05, 0.1) is 34.8 Å². The molecule has 3 heterocycles. The summed E-state index contributed by atoms with van der Waals surface area (Å²) in [5.41, 5.74) is 2.32. The summed E-state index contributed by atoms with van der Waals surface area (Å²) in [5, 5.41) is 7.22. The van der Waals surface area contributed by atoms with E-state index < -0.39 is 35.7 Å². The molecule has 3 aromatic carbocycles. The summed E-state index contributed by atoms with van der Waals surface area (Å²) in [6.45, 7) is 0. The van der Waals surface area contributed by atoms with E-state index in [2.05, 4.69) is 5.10 Å². The number of amides is 2. The molecule has 0 radical (unpaired) electrons. The molecule has 0 saturated carbocycles. The average molecular weight is 525 g/mol. The van der Waals surface area contributed by atoms with Crippen molar-refractivity contribution < 1.29 is 14.4 Å². The normalized spacial score (nSPS) is 24.4. The highest BCUT2D eigenvalue weighted by Crippen LogP contribution is 2.53. The highest BCUT2D eigenvalue weighted by Gasteiger charge is 2.65. The van der Waals surface area contributed by atoms with E-state index in [4.69, 9.17) is 34.8 Å². The van der Waals surface area contributed by atoms with Gasteiger partial charge in [0, 0.05) is 15.6 Å². The van der Waals surface area contributed by atoms with E-state index in [1.54, 1.807) is 47.6 Å². The molecule has 174 valence electrons. The molecule has 35 heavy (non-hydrogen) atoms. The molecule has 3 aliphatic heterocycles. The lowest BCUT2D eigenvalue weighted by Crippen LogP contribution is -2.44. The van der Waals surface area contributed by atoms with Gasteiger partial charge in [0.2, 0.25) is 11.8 Å². The van der Waals surface area contributed by atoms with Crippen LogP contribution >= 0.6 is 34.8 Å². The van der Waals surface area contributed by atoms with Gasteiger partial charge in [0.1, 0.15) is 6.04 Å². The lowest BCUT2D eigenvalue weighted by atomic mass is 9.83. The summed E-state index contributed by atoms with van der Waals surface area (Å²) in [6.07, 6.45) is 1.66. The molecule has 0 aromatic heterocycles. The first-order valence-corrected chi connectivity index (χ1v) is 12.0. The van der Waals surface area contributed by atoms with Crippen molar-refractivity contribution in [3.8, 4) is 0 Å². The van der Waals surface area contributed by atoms with Gasteiger partial charge >= 0.3 is 0 Å². The summed E-state index contributed by atoms with van der Waals surface area (Å²) in [7, 11) is 0. The number of carbonyl (C=O) groups excluding carboxylic acids is 3. The maximum Gasteiger partial charge on any atom is 0.240 e. The van der Waals surface area contributed by atoms with Gasteiger partial charge < -0.3 is 0 Å². The predicted molar refractivity (Wildman–Crippen MR) is 134 cm³/mol. The molecule has 3 aromatic rings. The maximum absolute atomic E-state index is 13.9. The van der Waals surface area contributed by atoms with Gasteiger partial charge in [-0.05, 0) is 53.6 Å². The van der Waals surface area contributed by atoms with E-state index in [-0.39, 0.29) is 16.5 Å². The van der Waals surface area contributed by atoms with Crippen LogP contribution in [0.15, 0.2) is 71.8 Å². The molecule has 0 spiro atoms. The third-order valence-corrected chi connectivity index (χ3v) is 7.63. The standard InChI is InChI=1S/C26H16Cl3N3O3/c27-15-7-5-13(6-8-15)24(33)23-21-20(22-17-4-2-1-3-14(17)12-30-32(22)23)25(34)31(26(21)35)19-10-9-16(28)11-18(19)29/h1-12,20-23H/t20-,21-,22-,23+/m0/s1. The topological polar surface area (TPSA) is 70.0 Å². The molecule has 6 nitrogen and oxygen atoms in total. The number of rotatable bonds is 3. The molecule has 0 N–H and O–H groups in total. The summed E-state index contributed by atoms with van der Waals surface area (Å²) < 4.78 is 0. The number of ketones is 1. The molecule has 0 unspecified atom stereocenters. The van der Waals surface area contributed by atoms with Crippen LogP contribution in [0.25, 0.3) is 0 Å². The van der Waals surface area contributed by atoms with Gasteiger partial charge in [-0.25, -0.2) is 4.90 Å². The monoisotopic (exact) mass is 523 g/mol. The fourth-order valence-electron chi connectivity index (χ4n) is 5.35. The van der Waals surface area contributed by atoms with Crippen LogP contribution in [0.5, 0.6) is 0 Å². The van der Waals surface area contributed by atoms with Crippen molar-refractivity contribution in [3.63, 3.8) is 0 Å². The highest BCUT2D eigenvalue weighted by atomic mass is 35.5. The summed E-state index contributed by atoms with van der Waals surface area (Å²) >= 11 is 18.4. The number of imide groups is 1. The summed E-state index contributed by atoms with van der Waals surface area (Å²) in [5.74, 6) is -2.96. The Kier molecular flexibility index (Phi) is 5.22. The van der Waals surface area contributed by atoms with Crippen molar-refractivity contribution >= 4 is 64.3 Å². The molecule has 6 rings (SSSR count). The number of halogens is 3. The summed E-state index contributed by atoms with van der Waals surface area (Å²) in [4.78, 5) is 42.6. The molecule has 0 bridgehead atoms. The third kappa shape index (κ3) is 3.32. The Hall–Kier alpha value is -3.19. The molecule has 0 aliphatic carbocycles. The second-order valence-electron chi connectivity index (χ2n) is 8.67. The van der Waals surface area contributed by atoms with Gasteiger partial charge in [-0.3, -0.25) is 19.4 Å². The number of hydrazone groups is 1. The first-order valence-electron chi connectivity index (χ1n) is 10.9. The number of nitrogens with zero attached hydrogens (tertiary/aromatic N) is 3. The second-order valence-corrected chi connectivity index (χ2v) is 9.95. The Labute approximate surface area is 215 Å². The van der Waals surface area contributed by atoms with Crippen molar-refractivity contribution in [2.45, 2.75) is 12.1 Å². The first-order chi connectivity index (χ1) is 16.9. The number of hydrogen-bond donors (Lipinski definition) is 0. The highest BCUT2D eigenvalue weighted by molar-refractivity contribution is 6.38. The number of Topliss-reactive ketones (excluding diaryl/α,β-unsaturated/α-hetero) is 1. The first kappa shape index (κ1) is 22.3. The van der Waals surface area contributed by atoms with Crippen molar-refractivity contribution in [1.82, 2.24) is 5.01 Å². The Bertz CT molecular complexity index is 1440.